The van der Waals surface area contributed by atoms with Gasteiger partial charge in [-0.2, -0.15) is 4.98 Å². The Hall–Kier alpha value is -2.37. The third-order valence-corrected chi connectivity index (χ3v) is 3.79. The van der Waals surface area contributed by atoms with Crippen LogP contribution in [0.2, 0.25) is 0 Å². The van der Waals surface area contributed by atoms with Crippen molar-refractivity contribution < 1.29 is 14.4 Å². The Kier molecular flexibility index (Phi) is 2.93. The Morgan fingerprint density at radius 2 is 2.15 bits per heavy atom. The van der Waals surface area contributed by atoms with E-state index in [0.29, 0.717) is 24.7 Å². The highest BCUT2D eigenvalue weighted by molar-refractivity contribution is 5.67. The number of hydrogen-bond donors (Lipinski definition) is 1. The molecule has 0 radical (unpaired) electrons. The molecule has 1 aliphatic rings. The predicted octanol–water partition coefficient (Wildman–Crippen LogP) is 2.73. The average Bonchev–Trinajstić information content (AvgIpc) is 3.07. The summed E-state index contributed by atoms with van der Waals surface area (Å²) in [4.78, 5) is 17.1. The first-order chi connectivity index (χ1) is 9.61. The summed E-state index contributed by atoms with van der Waals surface area (Å²) in [5, 5.41) is 13.2. The first kappa shape index (κ1) is 12.7. The van der Waals surface area contributed by atoms with E-state index in [1.165, 1.54) is 4.90 Å². The Labute approximate surface area is 116 Å². The molecule has 2 aromatic rings. The first-order valence-electron chi connectivity index (χ1n) is 6.51. The maximum atomic E-state index is 11.3. The van der Waals surface area contributed by atoms with E-state index in [1.807, 2.05) is 37.3 Å². The number of benzene rings is 1. The summed E-state index contributed by atoms with van der Waals surface area (Å²) in [7, 11) is 0. The molecule has 104 valence electrons. The number of aromatic nitrogens is 2. The van der Waals surface area contributed by atoms with Gasteiger partial charge < -0.3 is 9.63 Å². The van der Waals surface area contributed by atoms with Crippen molar-refractivity contribution in [2.75, 3.05) is 6.54 Å². The van der Waals surface area contributed by atoms with Crippen LogP contribution >= 0.6 is 0 Å². The quantitative estimate of drug-likeness (QED) is 0.910. The van der Waals surface area contributed by atoms with Gasteiger partial charge in [0.1, 0.15) is 5.54 Å². The van der Waals surface area contributed by atoms with E-state index < -0.39 is 11.6 Å². The van der Waals surface area contributed by atoms with Crippen molar-refractivity contribution in [2.45, 2.75) is 25.3 Å². The molecule has 20 heavy (non-hydrogen) atoms. The van der Waals surface area contributed by atoms with Gasteiger partial charge in [-0.3, -0.25) is 4.90 Å². The third kappa shape index (κ3) is 1.93. The lowest BCUT2D eigenvalue weighted by Gasteiger charge is -2.29. The molecule has 0 spiro atoms. The van der Waals surface area contributed by atoms with Crippen LogP contribution in [0.3, 0.4) is 0 Å². The first-order valence-corrected chi connectivity index (χ1v) is 6.51. The van der Waals surface area contributed by atoms with Gasteiger partial charge in [-0.05, 0) is 19.8 Å². The molecular weight excluding hydrogens is 258 g/mol. The van der Waals surface area contributed by atoms with Crippen molar-refractivity contribution in [1.82, 2.24) is 15.0 Å². The van der Waals surface area contributed by atoms with Crippen molar-refractivity contribution >= 4 is 6.09 Å². The van der Waals surface area contributed by atoms with Gasteiger partial charge in [0.2, 0.25) is 5.82 Å². The van der Waals surface area contributed by atoms with E-state index >= 15 is 0 Å². The Morgan fingerprint density at radius 1 is 1.40 bits per heavy atom. The number of nitrogens with zero attached hydrogens (tertiary/aromatic N) is 3. The zero-order chi connectivity index (χ0) is 14.2. The minimum Gasteiger partial charge on any atom is -0.465 e. The summed E-state index contributed by atoms with van der Waals surface area (Å²) in [6.07, 6.45) is 0.533. The molecule has 1 saturated heterocycles. The minimum atomic E-state index is -0.954. The van der Waals surface area contributed by atoms with E-state index in [9.17, 15) is 9.90 Å². The minimum absolute atomic E-state index is 0.358. The van der Waals surface area contributed by atoms with Gasteiger partial charge in [-0.1, -0.05) is 35.5 Å². The molecule has 3 rings (SSSR count). The van der Waals surface area contributed by atoms with Crippen LogP contribution in [0.15, 0.2) is 34.9 Å². The smallest absolute Gasteiger partial charge is 0.408 e. The number of amides is 1. The summed E-state index contributed by atoms with van der Waals surface area (Å²) < 4.78 is 5.32. The van der Waals surface area contributed by atoms with Crippen LogP contribution < -0.4 is 0 Å². The van der Waals surface area contributed by atoms with Crippen molar-refractivity contribution in [3.8, 4) is 11.4 Å². The maximum Gasteiger partial charge on any atom is 0.408 e. The lowest BCUT2D eigenvalue weighted by molar-refractivity contribution is 0.0908. The number of hydrogen-bond acceptors (Lipinski definition) is 4. The fourth-order valence-electron chi connectivity index (χ4n) is 2.64. The Bertz CT molecular complexity index is 626. The van der Waals surface area contributed by atoms with Crippen molar-refractivity contribution in [3.05, 3.63) is 36.2 Å². The number of rotatable bonds is 2. The second-order valence-corrected chi connectivity index (χ2v) is 5.10. The third-order valence-electron chi connectivity index (χ3n) is 3.79. The molecule has 1 amide bonds. The normalized spacial score (nSPS) is 22.1. The summed E-state index contributed by atoms with van der Waals surface area (Å²) in [6, 6.07) is 9.48. The molecule has 0 saturated carbocycles. The van der Waals surface area contributed by atoms with Crippen LogP contribution in [0.4, 0.5) is 4.79 Å². The number of carboxylic acid groups (broad SMARTS) is 1. The second kappa shape index (κ2) is 4.63. The highest BCUT2D eigenvalue weighted by Gasteiger charge is 2.45. The summed E-state index contributed by atoms with van der Waals surface area (Å²) >= 11 is 0. The largest absolute Gasteiger partial charge is 0.465 e. The summed E-state index contributed by atoms with van der Waals surface area (Å²) in [6.45, 7) is 2.32. The highest BCUT2D eigenvalue weighted by atomic mass is 16.5. The molecule has 6 nitrogen and oxygen atoms in total. The van der Waals surface area contributed by atoms with Crippen molar-refractivity contribution in [1.29, 1.82) is 0 Å². The van der Waals surface area contributed by atoms with Crippen molar-refractivity contribution in [3.63, 3.8) is 0 Å². The standard InChI is InChI=1S/C14H15N3O3/c1-14(8-5-9-17(14)13(18)19)12-15-11(16-20-12)10-6-3-2-4-7-10/h2-4,6-7H,5,8-9H2,1H3,(H,18,19)/t14-/m0/s1. The maximum absolute atomic E-state index is 11.3. The SMILES string of the molecule is C[C@@]1(c2nc(-c3ccccc3)no2)CCCN1C(=O)O. The van der Waals surface area contributed by atoms with Gasteiger partial charge in [-0.25, -0.2) is 4.79 Å². The monoisotopic (exact) mass is 273 g/mol. The summed E-state index contributed by atoms with van der Waals surface area (Å²) in [5.74, 6) is 0.843. The van der Waals surface area contributed by atoms with Gasteiger partial charge in [0.25, 0.3) is 5.89 Å². The van der Waals surface area contributed by atoms with Crippen LogP contribution in [0.5, 0.6) is 0 Å². The van der Waals surface area contributed by atoms with E-state index in [2.05, 4.69) is 10.1 Å². The Balaban J connectivity index is 1.96. The van der Waals surface area contributed by atoms with Crippen LogP contribution in [-0.4, -0.2) is 32.8 Å². The van der Waals surface area contributed by atoms with E-state index in [4.69, 9.17) is 4.52 Å². The average molecular weight is 273 g/mol. The lowest BCUT2D eigenvalue weighted by Crippen LogP contribution is -2.42. The molecule has 0 bridgehead atoms. The lowest BCUT2D eigenvalue weighted by atomic mass is 9.99. The molecule has 1 aromatic heterocycles. The molecule has 1 fully saturated rings. The van der Waals surface area contributed by atoms with Crippen molar-refractivity contribution in [2.24, 2.45) is 0 Å². The predicted molar refractivity (Wildman–Crippen MR) is 71.1 cm³/mol. The molecule has 0 unspecified atom stereocenters. The van der Waals surface area contributed by atoms with Gasteiger partial charge >= 0.3 is 6.09 Å². The zero-order valence-corrected chi connectivity index (χ0v) is 11.1. The molecule has 1 atom stereocenters. The number of carbonyl (C=O) groups is 1. The van der Waals surface area contributed by atoms with Gasteiger partial charge in [-0.15, -0.1) is 0 Å². The molecule has 0 aliphatic carbocycles. The topological polar surface area (TPSA) is 79.5 Å². The van der Waals surface area contributed by atoms with Crippen LogP contribution in [0.1, 0.15) is 25.7 Å². The van der Waals surface area contributed by atoms with Crippen LogP contribution in [0, 0.1) is 0 Å². The van der Waals surface area contributed by atoms with Crippen LogP contribution in [-0.2, 0) is 5.54 Å². The molecular formula is C14H15N3O3. The van der Waals surface area contributed by atoms with E-state index in [0.717, 1.165) is 12.0 Å². The van der Waals surface area contributed by atoms with E-state index in [1.54, 1.807) is 0 Å². The molecule has 1 N–H and O–H groups in total. The molecule has 1 aromatic carbocycles. The molecule has 1 aliphatic heterocycles. The van der Waals surface area contributed by atoms with Gasteiger partial charge in [0.05, 0.1) is 0 Å². The van der Waals surface area contributed by atoms with Gasteiger partial charge in [0.15, 0.2) is 0 Å². The molecule has 6 heteroatoms. The second-order valence-electron chi connectivity index (χ2n) is 5.10. The van der Waals surface area contributed by atoms with Gasteiger partial charge in [0, 0.05) is 12.1 Å². The molecule has 2 heterocycles. The Morgan fingerprint density at radius 3 is 2.85 bits per heavy atom. The zero-order valence-electron chi connectivity index (χ0n) is 11.1. The fourth-order valence-corrected chi connectivity index (χ4v) is 2.64. The highest BCUT2D eigenvalue weighted by Crippen LogP contribution is 2.38. The number of likely N-dealkylation sites (tertiary alicyclic amines) is 1. The summed E-state index contributed by atoms with van der Waals surface area (Å²) in [5.41, 5.74) is 0.122. The van der Waals surface area contributed by atoms with Crippen LogP contribution in [0.25, 0.3) is 11.4 Å². The van der Waals surface area contributed by atoms with E-state index in [-0.39, 0.29) is 0 Å². The fraction of sp³-hybridized carbons (Fsp3) is 0.357.